The predicted molar refractivity (Wildman–Crippen MR) is 60.9 cm³/mol. The summed E-state index contributed by atoms with van der Waals surface area (Å²) in [5, 5.41) is 2.93. The highest BCUT2D eigenvalue weighted by Gasteiger charge is 2.32. The van der Waals surface area contributed by atoms with Crippen LogP contribution in [0.5, 0.6) is 0 Å². The van der Waals surface area contributed by atoms with Crippen LogP contribution in [0.2, 0.25) is 0 Å². The second-order valence-electron chi connectivity index (χ2n) is 4.21. The lowest BCUT2D eigenvalue weighted by Crippen LogP contribution is -2.30. The van der Waals surface area contributed by atoms with Gasteiger partial charge in [-0.3, -0.25) is 0 Å². The maximum atomic E-state index is 12.4. The summed E-state index contributed by atoms with van der Waals surface area (Å²) in [6.07, 6.45) is -4.40. The maximum Gasteiger partial charge on any atom is 0.433 e. The second kappa shape index (κ2) is 5.35. The summed E-state index contributed by atoms with van der Waals surface area (Å²) in [6, 6.07) is 3.87. The summed E-state index contributed by atoms with van der Waals surface area (Å²) in [5.41, 5.74) is -0.875. The van der Waals surface area contributed by atoms with Gasteiger partial charge in [0.15, 0.2) is 0 Å². The maximum absolute atomic E-state index is 12.4. The summed E-state index contributed by atoms with van der Waals surface area (Å²) in [5.74, 6) is 0.245. The Kier molecular flexibility index (Phi) is 4.34. The van der Waals surface area contributed by atoms with Gasteiger partial charge in [0.25, 0.3) is 0 Å². The summed E-state index contributed by atoms with van der Waals surface area (Å²) in [6.45, 7) is 2.61. The number of rotatable bonds is 4. The number of nitrogens with one attached hydrogen (secondary N) is 1. The monoisotopic (exact) mass is 247 g/mol. The van der Waals surface area contributed by atoms with Gasteiger partial charge in [-0.1, -0.05) is 6.07 Å². The Hall–Kier alpha value is -1.30. The Morgan fingerprint density at radius 1 is 1.35 bits per heavy atom. The average Bonchev–Trinajstić information content (AvgIpc) is 2.15. The van der Waals surface area contributed by atoms with Gasteiger partial charge in [-0.05, 0) is 33.2 Å². The smallest absolute Gasteiger partial charge is 0.366 e. The van der Waals surface area contributed by atoms with Crippen LogP contribution in [0.4, 0.5) is 19.0 Å². The van der Waals surface area contributed by atoms with E-state index in [0.29, 0.717) is 0 Å². The number of halogens is 3. The van der Waals surface area contributed by atoms with E-state index in [0.717, 1.165) is 12.6 Å². The normalized spacial score (nSPS) is 13.8. The van der Waals surface area contributed by atoms with Gasteiger partial charge in [0, 0.05) is 12.6 Å². The van der Waals surface area contributed by atoms with Crippen molar-refractivity contribution < 1.29 is 13.2 Å². The molecule has 96 valence electrons. The molecule has 1 unspecified atom stereocenters. The number of hydrogen-bond donors (Lipinski definition) is 1. The van der Waals surface area contributed by atoms with Crippen LogP contribution in [-0.2, 0) is 6.18 Å². The van der Waals surface area contributed by atoms with Gasteiger partial charge < -0.3 is 10.2 Å². The molecule has 6 heteroatoms. The van der Waals surface area contributed by atoms with Gasteiger partial charge >= 0.3 is 6.18 Å². The topological polar surface area (TPSA) is 28.2 Å². The minimum Gasteiger partial charge on any atom is -0.366 e. The van der Waals surface area contributed by atoms with Gasteiger partial charge in [-0.25, -0.2) is 4.98 Å². The number of alkyl halides is 3. The van der Waals surface area contributed by atoms with Crippen molar-refractivity contribution in [2.24, 2.45) is 0 Å². The van der Waals surface area contributed by atoms with E-state index in [2.05, 4.69) is 10.3 Å². The molecule has 1 aromatic rings. The first kappa shape index (κ1) is 13.8. The molecule has 0 aliphatic heterocycles. The van der Waals surface area contributed by atoms with Crippen LogP contribution >= 0.6 is 0 Å². The lowest BCUT2D eigenvalue weighted by Gasteiger charge is -2.19. The van der Waals surface area contributed by atoms with E-state index < -0.39 is 11.9 Å². The van der Waals surface area contributed by atoms with E-state index in [4.69, 9.17) is 0 Å². The Bertz CT molecular complexity index is 363. The van der Waals surface area contributed by atoms with Crippen molar-refractivity contribution in [3.8, 4) is 0 Å². The van der Waals surface area contributed by atoms with Crippen LogP contribution in [0.25, 0.3) is 0 Å². The summed E-state index contributed by atoms with van der Waals surface area (Å²) >= 11 is 0. The molecule has 0 saturated carbocycles. The van der Waals surface area contributed by atoms with E-state index >= 15 is 0 Å². The number of nitrogens with zero attached hydrogens (tertiary/aromatic N) is 2. The third-order valence-electron chi connectivity index (χ3n) is 2.07. The van der Waals surface area contributed by atoms with Crippen molar-refractivity contribution in [3.05, 3.63) is 23.9 Å². The van der Waals surface area contributed by atoms with Crippen LogP contribution in [0, 0.1) is 0 Å². The van der Waals surface area contributed by atoms with Gasteiger partial charge in [0.05, 0.1) is 0 Å². The molecule has 3 nitrogen and oxygen atoms in total. The Morgan fingerprint density at radius 2 is 2.00 bits per heavy atom. The third-order valence-corrected chi connectivity index (χ3v) is 2.07. The van der Waals surface area contributed by atoms with E-state index in [9.17, 15) is 13.2 Å². The first-order valence-corrected chi connectivity index (χ1v) is 5.24. The van der Waals surface area contributed by atoms with E-state index in [-0.39, 0.29) is 11.9 Å². The molecule has 0 aliphatic rings. The molecule has 0 saturated heterocycles. The molecular weight excluding hydrogens is 231 g/mol. The predicted octanol–water partition coefficient (Wildman–Crippen LogP) is 2.46. The lowest BCUT2D eigenvalue weighted by molar-refractivity contribution is -0.141. The van der Waals surface area contributed by atoms with Gasteiger partial charge in [-0.15, -0.1) is 0 Å². The summed E-state index contributed by atoms with van der Waals surface area (Å²) in [4.78, 5) is 5.49. The fraction of sp³-hybridized carbons (Fsp3) is 0.545. The minimum atomic E-state index is -4.40. The van der Waals surface area contributed by atoms with Gasteiger partial charge in [-0.2, -0.15) is 13.2 Å². The molecule has 1 heterocycles. The number of hydrogen-bond acceptors (Lipinski definition) is 3. The first-order valence-electron chi connectivity index (χ1n) is 5.24. The van der Waals surface area contributed by atoms with Crippen molar-refractivity contribution >= 4 is 5.82 Å². The van der Waals surface area contributed by atoms with Crippen molar-refractivity contribution in [3.63, 3.8) is 0 Å². The number of pyridine rings is 1. The molecular formula is C11H16F3N3. The fourth-order valence-corrected chi connectivity index (χ4v) is 1.52. The standard InChI is InChI=1S/C11H16F3N3/c1-8(7-17(2)3)15-10-6-4-5-9(16-10)11(12,13)14/h4-6,8H,7H2,1-3H3,(H,15,16). The molecule has 1 aromatic heterocycles. The molecule has 17 heavy (non-hydrogen) atoms. The zero-order valence-corrected chi connectivity index (χ0v) is 10.0. The van der Waals surface area contributed by atoms with Gasteiger partial charge in [0.1, 0.15) is 11.5 Å². The molecule has 0 aromatic carbocycles. The Morgan fingerprint density at radius 3 is 2.53 bits per heavy atom. The Balaban J connectivity index is 2.72. The highest BCUT2D eigenvalue weighted by molar-refractivity contribution is 5.36. The molecule has 0 aliphatic carbocycles. The van der Waals surface area contributed by atoms with Crippen LogP contribution in [0.15, 0.2) is 18.2 Å². The van der Waals surface area contributed by atoms with Crippen molar-refractivity contribution in [1.82, 2.24) is 9.88 Å². The van der Waals surface area contributed by atoms with Crippen LogP contribution < -0.4 is 5.32 Å². The molecule has 0 fully saturated rings. The minimum absolute atomic E-state index is 0.0287. The molecule has 1 rings (SSSR count). The molecule has 0 spiro atoms. The number of likely N-dealkylation sites (N-methyl/N-ethyl adjacent to an activating group) is 1. The van der Waals surface area contributed by atoms with E-state index in [1.54, 1.807) is 0 Å². The second-order valence-corrected chi connectivity index (χ2v) is 4.21. The molecule has 0 radical (unpaired) electrons. The molecule has 0 amide bonds. The SMILES string of the molecule is CC(CN(C)C)Nc1cccc(C(F)(F)F)n1. The molecule has 0 bridgehead atoms. The molecule has 1 atom stereocenters. The Labute approximate surface area is 98.6 Å². The zero-order valence-electron chi connectivity index (χ0n) is 10.0. The van der Waals surface area contributed by atoms with E-state index in [1.807, 2.05) is 25.9 Å². The quantitative estimate of drug-likeness (QED) is 0.885. The number of aromatic nitrogens is 1. The van der Waals surface area contributed by atoms with Crippen LogP contribution in [0.1, 0.15) is 12.6 Å². The van der Waals surface area contributed by atoms with Crippen LogP contribution in [-0.4, -0.2) is 36.6 Å². The summed E-state index contributed by atoms with van der Waals surface area (Å²) in [7, 11) is 3.80. The molecule has 1 N–H and O–H groups in total. The van der Waals surface area contributed by atoms with E-state index in [1.165, 1.54) is 12.1 Å². The van der Waals surface area contributed by atoms with Crippen LogP contribution in [0.3, 0.4) is 0 Å². The fourth-order valence-electron chi connectivity index (χ4n) is 1.52. The van der Waals surface area contributed by atoms with Crippen molar-refractivity contribution in [1.29, 1.82) is 0 Å². The lowest BCUT2D eigenvalue weighted by atomic mass is 10.3. The highest BCUT2D eigenvalue weighted by atomic mass is 19.4. The van der Waals surface area contributed by atoms with Crippen molar-refractivity contribution in [2.75, 3.05) is 26.0 Å². The largest absolute Gasteiger partial charge is 0.433 e. The number of anilines is 1. The first-order chi connectivity index (χ1) is 7.79. The van der Waals surface area contributed by atoms with Gasteiger partial charge in [0.2, 0.25) is 0 Å². The average molecular weight is 247 g/mol. The summed E-state index contributed by atoms with van der Waals surface area (Å²) < 4.78 is 37.3. The zero-order chi connectivity index (χ0) is 13.1. The third kappa shape index (κ3) is 4.60. The highest BCUT2D eigenvalue weighted by Crippen LogP contribution is 2.28. The van der Waals surface area contributed by atoms with Crippen molar-refractivity contribution in [2.45, 2.75) is 19.1 Å².